The van der Waals surface area contributed by atoms with Crippen LogP contribution in [0.3, 0.4) is 0 Å². The van der Waals surface area contributed by atoms with Crippen LogP contribution in [0, 0.1) is 18.7 Å². The zero-order chi connectivity index (χ0) is 18.0. The monoisotopic (exact) mass is 382 g/mol. The molecule has 26 heavy (non-hydrogen) atoms. The molecule has 142 valence electrons. The fourth-order valence-electron chi connectivity index (χ4n) is 3.28. The van der Waals surface area contributed by atoms with Crippen LogP contribution in [0.25, 0.3) is 11.4 Å². The number of hydrogen-bond acceptors (Lipinski definition) is 5. The van der Waals surface area contributed by atoms with Crippen molar-refractivity contribution in [3.8, 4) is 11.4 Å². The number of nitrogens with two attached hydrogens (primary N) is 1. The van der Waals surface area contributed by atoms with Crippen molar-refractivity contribution in [2.45, 2.75) is 39.2 Å². The molecule has 0 saturated carbocycles. The predicted octanol–water partition coefficient (Wildman–Crippen LogP) is 2.73. The van der Waals surface area contributed by atoms with Crippen molar-refractivity contribution in [2.75, 3.05) is 13.1 Å². The number of hydrogen-bond donors (Lipinski definition) is 1. The van der Waals surface area contributed by atoms with Gasteiger partial charge in [0.1, 0.15) is 5.82 Å². The average Bonchev–Trinajstić information content (AvgIpc) is 3.21. The van der Waals surface area contributed by atoms with Gasteiger partial charge in [-0.2, -0.15) is 4.98 Å². The van der Waals surface area contributed by atoms with Crippen molar-refractivity contribution < 1.29 is 13.7 Å². The molecule has 2 heterocycles. The first kappa shape index (κ1) is 20.3. The van der Waals surface area contributed by atoms with E-state index in [0.717, 1.165) is 13.0 Å². The van der Waals surface area contributed by atoms with Gasteiger partial charge in [-0.3, -0.25) is 4.79 Å². The van der Waals surface area contributed by atoms with Crippen LogP contribution in [0.4, 0.5) is 4.39 Å². The lowest BCUT2D eigenvalue weighted by Gasteiger charge is -2.21. The van der Waals surface area contributed by atoms with Crippen LogP contribution >= 0.6 is 12.4 Å². The van der Waals surface area contributed by atoms with E-state index < -0.39 is 0 Å². The second kappa shape index (κ2) is 8.60. The Hall–Kier alpha value is -1.99. The molecule has 2 unspecified atom stereocenters. The van der Waals surface area contributed by atoms with Gasteiger partial charge in [-0.25, -0.2) is 4.39 Å². The Morgan fingerprint density at radius 1 is 1.46 bits per heavy atom. The second-order valence-corrected chi connectivity index (χ2v) is 6.71. The summed E-state index contributed by atoms with van der Waals surface area (Å²) in [4.78, 5) is 18.6. The molecule has 1 aromatic carbocycles. The van der Waals surface area contributed by atoms with Crippen molar-refractivity contribution in [1.29, 1.82) is 0 Å². The largest absolute Gasteiger partial charge is 0.340 e. The summed E-state index contributed by atoms with van der Waals surface area (Å²) in [6.07, 6.45) is 1.67. The highest BCUT2D eigenvalue weighted by Gasteiger charge is 2.31. The molecule has 1 aromatic heterocycles. The molecular weight excluding hydrogens is 359 g/mol. The summed E-state index contributed by atoms with van der Waals surface area (Å²) in [5.74, 6) is 1.01. The van der Waals surface area contributed by atoms with E-state index in [-0.39, 0.29) is 30.2 Å². The molecule has 1 aliphatic heterocycles. The van der Waals surface area contributed by atoms with Gasteiger partial charge >= 0.3 is 0 Å². The number of benzene rings is 1. The first-order chi connectivity index (χ1) is 12.0. The summed E-state index contributed by atoms with van der Waals surface area (Å²) < 4.78 is 18.6. The van der Waals surface area contributed by atoms with Gasteiger partial charge in [0, 0.05) is 31.0 Å². The molecule has 0 aliphatic carbocycles. The summed E-state index contributed by atoms with van der Waals surface area (Å²) in [5.41, 5.74) is 6.92. The first-order valence-electron chi connectivity index (χ1n) is 8.56. The number of rotatable bonds is 5. The summed E-state index contributed by atoms with van der Waals surface area (Å²) in [5, 5.41) is 3.92. The molecule has 2 aromatic rings. The lowest BCUT2D eigenvalue weighted by atomic mass is 10.1. The predicted molar refractivity (Wildman–Crippen MR) is 98.3 cm³/mol. The molecule has 0 radical (unpaired) electrons. The fraction of sp³-hybridized carbons (Fsp3) is 0.500. The van der Waals surface area contributed by atoms with E-state index in [0.29, 0.717) is 48.1 Å². The van der Waals surface area contributed by atoms with E-state index in [1.807, 2.05) is 4.90 Å². The topological polar surface area (TPSA) is 85.2 Å². The number of nitrogens with zero attached hydrogens (tertiary/aromatic N) is 3. The molecule has 1 saturated heterocycles. The van der Waals surface area contributed by atoms with Gasteiger partial charge in [-0.1, -0.05) is 5.16 Å². The van der Waals surface area contributed by atoms with Crippen LogP contribution in [-0.2, 0) is 11.2 Å². The van der Waals surface area contributed by atoms with Crippen LogP contribution in [0.2, 0.25) is 0 Å². The van der Waals surface area contributed by atoms with Gasteiger partial charge in [0.25, 0.3) is 0 Å². The normalized spacial score (nSPS) is 19.5. The Morgan fingerprint density at radius 2 is 2.23 bits per heavy atom. The van der Waals surface area contributed by atoms with Gasteiger partial charge in [0.15, 0.2) is 0 Å². The Bertz CT molecular complexity index is 767. The van der Waals surface area contributed by atoms with Crippen molar-refractivity contribution in [1.82, 2.24) is 15.0 Å². The minimum absolute atomic E-state index is 0. The van der Waals surface area contributed by atoms with Crippen LogP contribution in [-0.4, -0.2) is 40.1 Å². The van der Waals surface area contributed by atoms with Crippen LogP contribution in [0.5, 0.6) is 0 Å². The van der Waals surface area contributed by atoms with Gasteiger partial charge in [0.05, 0.1) is 0 Å². The number of amides is 1. The standard InChI is InChI=1S/C18H23FN4O2.ClH/c1-11-7-14(3-4-15(11)19)18-21-16(25-22-18)5-6-17(24)23-10-13(9-20)8-12(23)2;/h3-4,7,12-13H,5-6,8-10,20H2,1-2H3;1H. The Labute approximate surface area is 158 Å². The molecule has 2 N–H and O–H groups in total. The maximum Gasteiger partial charge on any atom is 0.227 e. The summed E-state index contributed by atoms with van der Waals surface area (Å²) in [7, 11) is 0. The van der Waals surface area contributed by atoms with Gasteiger partial charge in [0.2, 0.25) is 17.6 Å². The van der Waals surface area contributed by atoms with Crippen molar-refractivity contribution in [3.05, 3.63) is 35.5 Å². The lowest BCUT2D eigenvalue weighted by Crippen LogP contribution is -2.34. The quantitative estimate of drug-likeness (QED) is 0.859. The van der Waals surface area contributed by atoms with Crippen LogP contribution in [0.1, 0.15) is 31.2 Å². The van der Waals surface area contributed by atoms with E-state index in [9.17, 15) is 9.18 Å². The molecule has 1 amide bonds. The van der Waals surface area contributed by atoms with Gasteiger partial charge in [-0.05, 0) is 56.5 Å². The van der Waals surface area contributed by atoms with E-state index >= 15 is 0 Å². The van der Waals surface area contributed by atoms with Crippen molar-refractivity contribution >= 4 is 18.3 Å². The maximum atomic E-state index is 13.3. The Morgan fingerprint density at radius 3 is 2.88 bits per heavy atom. The number of halogens is 2. The highest BCUT2D eigenvalue weighted by atomic mass is 35.5. The minimum Gasteiger partial charge on any atom is -0.340 e. The molecule has 0 spiro atoms. The molecule has 0 bridgehead atoms. The molecule has 2 atom stereocenters. The van der Waals surface area contributed by atoms with Crippen molar-refractivity contribution in [3.63, 3.8) is 0 Å². The number of aromatic nitrogens is 2. The van der Waals surface area contributed by atoms with Crippen LogP contribution in [0.15, 0.2) is 22.7 Å². The average molecular weight is 383 g/mol. The number of carbonyl (C=O) groups is 1. The molecule has 1 aliphatic rings. The number of likely N-dealkylation sites (tertiary alicyclic amines) is 1. The summed E-state index contributed by atoms with van der Waals surface area (Å²) >= 11 is 0. The first-order valence-corrected chi connectivity index (χ1v) is 8.56. The highest BCUT2D eigenvalue weighted by molar-refractivity contribution is 5.85. The summed E-state index contributed by atoms with van der Waals surface area (Å²) in [6.45, 7) is 5.07. The molecule has 3 rings (SSSR count). The lowest BCUT2D eigenvalue weighted by molar-refractivity contribution is -0.131. The SMILES string of the molecule is Cc1cc(-c2noc(CCC(=O)N3CC(CN)CC3C)n2)ccc1F.Cl. The number of carbonyl (C=O) groups excluding carboxylic acids is 1. The third kappa shape index (κ3) is 4.40. The highest BCUT2D eigenvalue weighted by Crippen LogP contribution is 2.23. The molecular formula is C18H24ClFN4O2. The second-order valence-electron chi connectivity index (χ2n) is 6.71. The van der Waals surface area contributed by atoms with E-state index in [4.69, 9.17) is 10.3 Å². The zero-order valence-electron chi connectivity index (χ0n) is 14.9. The third-order valence-electron chi connectivity index (χ3n) is 4.75. The fourth-order valence-corrected chi connectivity index (χ4v) is 3.28. The summed E-state index contributed by atoms with van der Waals surface area (Å²) in [6, 6.07) is 4.89. The zero-order valence-corrected chi connectivity index (χ0v) is 15.8. The van der Waals surface area contributed by atoms with E-state index in [1.165, 1.54) is 6.07 Å². The molecule has 1 fully saturated rings. The van der Waals surface area contributed by atoms with Crippen LogP contribution < -0.4 is 5.73 Å². The molecule has 6 nitrogen and oxygen atoms in total. The van der Waals surface area contributed by atoms with Crippen molar-refractivity contribution in [2.24, 2.45) is 11.7 Å². The van der Waals surface area contributed by atoms with E-state index in [2.05, 4.69) is 17.1 Å². The van der Waals surface area contributed by atoms with Gasteiger partial charge in [-0.15, -0.1) is 12.4 Å². The molecule has 8 heteroatoms. The maximum absolute atomic E-state index is 13.3. The minimum atomic E-state index is -0.270. The third-order valence-corrected chi connectivity index (χ3v) is 4.75. The number of aryl methyl sites for hydroxylation is 2. The van der Waals surface area contributed by atoms with E-state index in [1.54, 1.807) is 19.1 Å². The Balaban J connectivity index is 0.00000243. The Kier molecular flexibility index (Phi) is 6.72. The smallest absolute Gasteiger partial charge is 0.227 e. The van der Waals surface area contributed by atoms with Gasteiger partial charge < -0.3 is 15.2 Å².